The maximum atomic E-state index is 11.2. The largest absolute Gasteiger partial charge is 0.383 e. The number of aromatic amines is 1. The molecule has 0 aliphatic heterocycles. The lowest BCUT2D eigenvalue weighted by Crippen LogP contribution is -2.06. The van der Waals surface area contributed by atoms with E-state index in [-0.39, 0.29) is 11.7 Å². The Morgan fingerprint density at radius 2 is 2.18 bits per heavy atom. The molecule has 3 aromatic rings. The Kier molecular flexibility index (Phi) is 5.72. The summed E-state index contributed by atoms with van der Waals surface area (Å²) in [6.45, 7) is 1.43. The number of imidazole rings is 1. The second-order valence-electron chi connectivity index (χ2n) is 5.81. The van der Waals surface area contributed by atoms with Crippen LogP contribution in [-0.4, -0.2) is 27.1 Å². The second-order valence-corrected chi connectivity index (χ2v) is 6.77. The van der Waals surface area contributed by atoms with Crippen LogP contribution in [0.4, 0.5) is 11.5 Å². The van der Waals surface area contributed by atoms with Crippen LogP contribution >= 0.6 is 11.8 Å². The summed E-state index contributed by atoms with van der Waals surface area (Å²) in [7, 11) is 0. The number of pyridine rings is 1. The molecule has 0 bridgehead atoms. The van der Waals surface area contributed by atoms with Gasteiger partial charge in [-0.15, -0.1) is 0 Å². The molecule has 140 valence electrons. The van der Waals surface area contributed by atoms with Crippen molar-refractivity contribution in [2.45, 2.75) is 17.7 Å². The van der Waals surface area contributed by atoms with Crippen molar-refractivity contribution in [1.29, 1.82) is 10.7 Å². The highest BCUT2D eigenvalue weighted by Gasteiger charge is 2.19. The molecule has 1 aromatic carbocycles. The highest BCUT2D eigenvalue weighted by atomic mass is 32.2. The van der Waals surface area contributed by atoms with Gasteiger partial charge in [0.25, 0.3) is 0 Å². The third-order valence-electron chi connectivity index (χ3n) is 3.88. The number of hydrogen-bond donors (Lipinski definition) is 4. The van der Waals surface area contributed by atoms with Crippen LogP contribution in [0.1, 0.15) is 23.9 Å². The number of carbonyl (C=O) groups is 1. The van der Waals surface area contributed by atoms with Crippen LogP contribution in [0, 0.1) is 16.7 Å². The summed E-state index contributed by atoms with van der Waals surface area (Å²) in [6.07, 6.45) is 4.48. The summed E-state index contributed by atoms with van der Waals surface area (Å²) in [5, 5.41) is 20.7. The van der Waals surface area contributed by atoms with Crippen molar-refractivity contribution in [3.63, 3.8) is 0 Å². The third-order valence-corrected chi connectivity index (χ3v) is 4.87. The van der Waals surface area contributed by atoms with Gasteiger partial charge in [0.1, 0.15) is 22.7 Å². The number of nitrogens with zero attached hydrogens (tertiary/aromatic N) is 3. The Hall–Kier alpha value is -3.64. The fourth-order valence-corrected chi connectivity index (χ4v) is 3.57. The molecular weight excluding hydrogens is 374 g/mol. The first-order valence-corrected chi connectivity index (χ1v) is 9.25. The van der Waals surface area contributed by atoms with E-state index in [2.05, 4.69) is 26.3 Å². The molecule has 3 rings (SSSR count). The Morgan fingerprint density at radius 1 is 1.43 bits per heavy atom. The molecule has 0 saturated carbocycles. The molecule has 0 saturated heterocycles. The van der Waals surface area contributed by atoms with Crippen molar-refractivity contribution in [1.82, 2.24) is 15.0 Å². The summed E-state index contributed by atoms with van der Waals surface area (Å²) in [5.41, 5.74) is 8.69. The van der Waals surface area contributed by atoms with Crippen molar-refractivity contribution in [2.75, 3.05) is 11.1 Å². The van der Waals surface area contributed by atoms with E-state index in [1.807, 2.05) is 0 Å². The summed E-state index contributed by atoms with van der Waals surface area (Å²) in [4.78, 5) is 22.7. The Morgan fingerprint density at radius 3 is 2.75 bits per heavy atom. The van der Waals surface area contributed by atoms with Crippen LogP contribution in [0.15, 0.2) is 41.7 Å². The van der Waals surface area contributed by atoms with Gasteiger partial charge in [0.05, 0.1) is 11.3 Å². The molecule has 0 aliphatic rings. The maximum Gasteiger partial charge on any atom is 0.221 e. The predicted molar refractivity (Wildman–Crippen MR) is 109 cm³/mol. The van der Waals surface area contributed by atoms with Gasteiger partial charge in [-0.05, 0) is 17.7 Å². The van der Waals surface area contributed by atoms with Crippen molar-refractivity contribution < 1.29 is 4.79 Å². The predicted octanol–water partition coefficient (Wildman–Crippen LogP) is 3.17. The minimum absolute atomic E-state index is 0.171. The molecular formula is C19H17N7OS. The number of benzene rings is 1. The van der Waals surface area contributed by atoms with Gasteiger partial charge < -0.3 is 21.4 Å². The lowest BCUT2D eigenvalue weighted by molar-refractivity contribution is -0.114. The molecule has 0 unspecified atom stereocenters. The number of nitrogens with two attached hydrogens (primary N) is 1. The number of nitriles is 1. The number of aromatic nitrogens is 3. The minimum Gasteiger partial charge on any atom is -0.383 e. The van der Waals surface area contributed by atoms with Gasteiger partial charge in [-0.3, -0.25) is 4.79 Å². The number of amides is 1. The number of rotatable bonds is 6. The van der Waals surface area contributed by atoms with E-state index in [4.69, 9.17) is 11.1 Å². The van der Waals surface area contributed by atoms with Gasteiger partial charge in [-0.25, -0.2) is 9.97 Å². The van der Waals surface area contributed by atoms with Crippen molar-refractivity contribution in [2.24, 2.45) is 0 Å². The highest BCUT2D eigenvalue weighted by Crippen LogP contribution is 2.36. The highest BCUT2D eigenvalue weighted by molar-refractivity contribution is 7.98. The van der Waals surface area contributed by atoms with E-state index in [0.717, 1.165) is 12.0 Å². The normalized spacial score (nSPS) is 10.3. The molecule has 8 nitrogen and oxygen atoms in total. The first-order chi connectivity index (χ1) is 13.5. The number of thioether (sulfide) groups is 1. The summed E-state index contributed by atoms with van der Waals surface area (Å²) >= 11 is 1.34. The quantitative estimate of drug-likeness (QED) is 0.375. The van der Waals surface area contributed by atoms with Crippen LogP contribution in [0.2, 0.25) is 0 Å². The number of carbonyl (C=O) groups excluding carboxylic acids is 1. The average molecular weight is 391 g/mol. The standard InChI is InChI=1S/C19H17N7OS/c1-11(27)25-13-4-2-12(3-5-13)17-14(8-20)18(22)26-19(15(17)9-21)28-10-16-23-6-7-24-16/h2-8,20H,10H2,1H3,(H2,22,26)(H,23,24)(H,25,27). The monoisotopic (exact) mass is 391 g/mol. The van der Waals surface area contributed by atoms with E-state index >= 15 is 0 Å². The van der Waals surface area contributed by atoms with Crippen molar-refractivity contribution in [3.8, 4) is 17.2 Å². The zero-order valence-electron chi connectivity index (χ0n) is 15.0. The van der Waals surface area contributed by atoms with E-state index in [1.165, 1.54) is 18.7 Å². The summed E-state index contributed by atoms with van der Waals surface area (Å²) < 4.78 is 0. The molecule has 0 fully saturated rings. The zero-order valence-corrected chi connectivity index (χ0v) is 15.8. The van der Waals surface area contributed by atoms with Crippen LogP contribution in [0.25, 0.3) is 11.1 Å². The number of nitrogen functional groups attached to an aromatic ring is 1. The fraction of sp³-hybridized carbons (Fsp3) is 0.105. The molecule has 0 radical (unpaired) electrons. The molecule has 2 heterocycles. The molecule has 2 aromatic heterocycles. The number of nitrogens with one attached hydrogen (secondary N) is 3. The van der Waals surface area contributed by atoms with E-state index in [0.29, 0.717) is 38.7 Å². The molecule has 28 heavy (non-hydrogen) atoms. The number of H-pyrrole nitrogens is 1. The van der Waals surface area contributed by atoms with Gasteiger partial charge in [-0.1, -0.05) is 23.9 Å². The zero-order chi connectivity index (χ0) is 20.1. The van der Waals surface area contributed by atoms with Gasteiger partial charge >= 0.3 is 0 Å². The van der Waals surface area contributed by atoms with Crippen LogP contribution in [0.5, 0.6) is 0 Å². The smallest absolute Gasteiger partial charge is 0.221 e. The third kappa shape index (κ3) is 4.02. The Balaban J connectivity index is 2.06. The minimum atomic E-state index is -0.171. The average Bonchev–Trinajstić information content (AvgIpc) is 3.19. The lowest BCUT2D eigenvalue weighted by atomic mass is 9.96. The Labute approximate surface area is 165 Å². The van der Waals surface area contributed by atoms with E-state index in [1.54, 1.807) is 36.7 Å². The van der Waals surface area contributed by atoms with Gasteiger partial charge in [0, 0.05) is 42.3 Å². The Bertz CT molecular complexity index is 1050. The first-order valence-electron chi connectivity index (χ1n) is 8.26. The molecule has 0 aliphatic carbocycles. The summed E-state index contributed by atoms with van der Waals surface area (Å²) in [5.74, 6) is 1.26. The van der Waals surface area contributed by atoms with Crippen molar-refractivity contribution >= 4 is 35.4 Å². The van der Waals surface area contributed by atoms with Gasteiger partial charge in [0.2, 0.25) is 5.91 Å². The van der Waals surface area contributed by atoms with Crippen LogP contribution in [-0.2, 0) is 10.5 Å². The molecule has 0 atom stereocenters. The number of hydrogen-bond acceptors (Lipinski definition) is 7. The van der Waals surface area contributed by atoms with Crippen molar-refractivity contribution in [3.05, 3.63) is 53.6 Å². The summed E-state index contributed by atoms with van der Waals surface area (Å²) in [6, 6.07) is 9.21. The molecule has 1 amide bonds. The van der Waals surface area contributed by atoms with Gasteiger partial charge in [0.15, 0.2) is 0 Å². The SMILES string of the molecule is CC(=O)Nc1ccc(-c2c(C#N)c(SCc3ncc[nH]3)nc(N)c2C=N)cc1. The van der Waals surface area contributed by atoms with Crippen LogP contribution < -0.4 is 11.1 Å². The lowest BCUT2D eigenvalue weighted by Gasteiger charge is -2.14. The van der Waals surface area contributed by atoms with Gasteiger partial charge in [-0.2, -0.15) is 5.26 Å². The fourth-order valence-electron chi connectivity index (χ4n) is 2.69. The molecule has 0 spiro atoms. The van der Waals surface area contributed by atoms with E-state index < -0.39 is 0 Å². The van der Waals surface area contributed by atoms with E-state index in [9.17, 15) is 10.1 Å². The first kappa shape index (κ1) is 19.1. The maximum absolute atomic E-state index is 11.2. The molecule has 9 heteroatoms. The van der Waals surface area contributed by atoms with Crippen LogP contribution in [0.3, 0.4) is 0 Å². The number of anilines is 2. The molecule has 5 N–H and O–H groups in total. The second kappa shape index (κ2) is 8.37. The topological polar surface area (TPSA) is 144 Å².